The zero-order valence-electron chi connectivity index (χ0n) is 12.6. The highest BCUT2D eigenvalue weighted by molar-refractivity contribution is 5.52. The van der Waals surface area contributed by atoms with E-state index in [2.05, 4.69) is 34.6 Å². The normalized spacial score (nSPS) is 16.8. The van der Waals surface area contributed by atoms with E-state index in [1.54, 1.807) is 0 Å². The molecule has 1 N–H and O–H groups in total. The van der Waals surface area contributed by atoms with Gasteiger partial charge < -0.3 is 9.73 Å². The standard InChI is InChI=1S/C17H23N3O/c1-13-8-10-14(11-9-13)17-20-19-16(21-17)12-18-15-6-4-2-3-5-7-15/h8-11,15,18H,2-7,12H2,1H3. The van der Waals surface area contributed by atoms with E-state index in [1.165, 1.54) is 44.1 Å². The lowest BCUT2D eigenvalue weighted by molar-refractivity contribution is 0.411. The van der Waals surface area contributed by atoms with E-state index in [0.717, 1.165) is 5.56 Å². The number of rotatable bonds is 4. The van der Waals surface area contributed by atoms with Crippen LogP contribution in [0.1, 0.15) is 50.0 Å². The van der Waals surface area contributed by atoms with Crippen molar-refractivity contribution in [3.63, 3.8) is 0 Å². The summed E-state index contributed by atoms with van der Waals surface area (Å²) in [5.41, 5.74) is 2.21. The molecular formula is C17H23N3O. The van der Waals surface area contributed by atoms with E-state index < -0.39 is 0 Å². The van der Waals surface area contributed by atoms with Gasteiger partial charge in [0.15, 0.2) is 0 Å². The van der Waals surface area contributed by atoms with Crippen LogP contribution in [0.15, 0.2) is 28.7 Å². The quantitative estimate of drug-likeness (QED) is 0.867. The summed E-state index contributed by atoms with van der Waals surface area (Å²) >= 11 is 0. The highest BCUT2D eigenvalue weighted by atomic mass is 16.4. The van der Waals surface area contributed by atoms with Gasteiger partial charge in [-0.25, -0.2) is 0 Å². The maximum Gasteiger partial charge on any atom is 0.247 e. The van der Waals surface area contributed by atoms with Gasteiger partial charge in [0, 0.05) is 11.6 Å². The summed E-state index contributed by atoms with van der Waals surface area (Å²) in [6, 6.07) is 8.75. The molecule has 1 aromatic carbocycles. The van der Waals surface area contributed by atoms with Gasteiger partial charge in [-0.3, -0.25) is 0 Å². The second kappa shape index (κ2) is 6.85. The monoisotopic (exact) mass is 285 g/mol. The van der Waals surface area contributed by atoms with Crippen LogP contribution in [-0.2, 0) is 6.54 Å². The first kappa shape index (κ1) is 14.3. The Labute approximate surface area is 126 Å². The van der Waals surface area contributed by atoms with E-state index >= 15 is 0 Å². The lowest BCUT2D eigenvalue weighted by Gasteiger charge is -2.14. The zero-order valence-corrected chi connectivity index (χ0v) is 12.6. The molecule has 0 bridgehead atoms. The highest BCUT2D eigenvalue weighted by Crippen LogP contribution is 2.20. The van der Waals surface area contributed by atoms with Gasteiger partial charge in [0.05, 0.1) is 6.54 Å². The molecule has 0 saturated heterocycles. The molecule has 21 heavy (non-hydrogen) atoms. The van der Waals surface area contributed by atoms with Crippen molar-refractivity contribution in [3.05, 3.63) is 35.7 Å². The van der Waals surface area contributed by atoms with Crippen molar-refractivity contribution in [2.24, 2.45) is 0 Å². The second-order valence-electron chi connectivity index (χ2n) is 5.94. The fraction of sp³-hybridized carbons (Fsp3) is 0.529. The predicted octanol–water partition coefficient (Wildman–Crippen LogP) is 3.86. The van der Waals surface area contributed by atoms with E-state index in [-0.39, 0.29) is 0 Å². The summed E-state index contributed by atoms with van der Waals surface area (Å²) < 4.78 is 5.75. The van der Waals surface area contributed by atoms with Crippen LogP contribution in [0.5, 0.6) is 0 Å². The zero-order chi connectivity index (χ0) is 14.5. The molecule has 0 atom stereocenters. The van der Waals surface area contributed by atoms with Gasteiger partial charge in [0.25, 0.3) is 0 Å². The van der Waals surface area contributed by atoms with Crippen molar-refractivity contribution in [3.8, 4) is 11.5 Å². The van der Waals surface area contributed by atoms with E-state index in [1.807, 2.05) is 12.1 Å². The molecule has 0 unspecified atom stereocenters. The summed E-state index contributed by atoms with van der Waals surface area (Å²) in [4.78, 5) is 0. The lowest BCUT2D eigenvalue weighted by atomic mass is 10.1. The summed E-state index contributed by atoms with van der Waals surface area (Å²) in [6.07, 6.45) is 7.93. The molecule has 3 rings (SSSR count). The summed E-state index contributed by atoms with van der Waals surface area (Å²) in [6.45, 7) is 2.74. The van der Waals surface area contributed by atoms with E-state index in [4.69, 9.17) is 4.42 Å². The van der Waals surface area contributed by atoms with Crippen LogP contribution in [0.2, 0.25) is 0 Å². The number of aryl methyl sites for hydroxylation is 1. The first-order chi connectivity index (χ1) is 10.3. The Morgan fingerprint density at radius 1 is 1.05 bits per heavy atom. The molecule has 4 heteroatoms. The predicted molar refractivity (Wildman–Crippen MR) is 82.8 cm³/mol. The van der Waals surface area contributed by atoms with Crippen molar-refractivity contribution < 1.29 is 4.42 Å². The molecule has 2 aromatic rings. The Kier molecular flexibility index (Phi) is 4.65. The molecular weight excluding hydrogens is 262 g/mol. The fourth-order valence-corrected chi connectivity index (χ4v) is 2.85. The van der Waals surface area contributed by atoms with Crippen LogP contribution in [0, 0.1) is 6.92 Å². The molecule has 1 fully saturated rings. The smallest absolute Gasteiger partial charge is 0.247 e. The van der Waals surface area contributed by atoms with Crippen molar-refractivity contribution in [2.45, 2.75) is 58.0 Å². The minimum absolute atomic E-state index is 0.599. The maximum absolute atomic E-state index is 5.75. The number of hydrogen-bond donors (Lipinski definition) is 1. The summed E-state index contributed by atoms with van der Waals surface area (Å²) in [5.74, 6) is 1.28. The average Bonchev–Trinajstić information content (AvgIpc) is 2.81. The van der Waals surface area contributed by atoms with Crippen LogP contribution in [-0.4, -0.2) is 16.2 Å². The van der Waals surface area contributed by atoms with Crippen molar-refractivity contribution >= 4 is 0 Å². The topological polar surface area (TPSA) is 51.0 Å². The summed E-state index contributed by atoms with van der Waals surface area (Å²) in [5, 5.41) is 11.8. The number of nitrogens with one attached hydrogen (secondary N) is 1. The molecule has 1 saturated carbocycles. The Morgan fingerprint density at radius 2 is 1.76 bits per heavy atom. The molecule has 1 heterocycles. The number of hydrogen-bond acceptors (Lipinski definition) is 4. The van der Waals surface area contributed by atoms with Crippen LogP contribution < -0.4 is 5.32 Å². The fourth-order valence-electron chi connectivity index (χ4n) is 2.85. The largest absolute Gasteiger partial charge is 0.419 e. The first-order valence-electron chi connectivity index (χ1n) is 7.94. The number of aromatic nitrogens is 2. The average molecular weight is 285 g/mol. The van der Waals surface area contributed by atoms with Crippen LogP contribution in [0.4, 0.5) is 0 Å². The van der Waals surface area contributed by atoms with Crippen molar-refractivity contribution in [1.82, 2.24) is 15.5 Å². The van der Waals surface area contributed by atoms with Crippen LogP contribution in [0.25, 0.3) is 11.5 Å². The van der Waals surface area contributed by atoms with Gasteiger partial charge in [-0.2, -0.15) is 0 Å². The molecule has 1 aliphatic carbocycles. The Balaban J connectivity index is 1.58. The maximum atomic E-state index is 5.75. The molecule has 1 aromatic heterocycles. The third kappa shape index (κ3) is 3.91. The molecule has 0 spiro atoms. The Hall–Kier alpha value is -1.68. The van der Waals surface area contributed by atoms with Crippen molar-refractivity contribution in [2.75, 3.05) is 0 Å². The third-order valence-electron chi connectivity index (χ3n) is 4.16. The minimum Gasteiger partial charge on any atom is -0.419 e. The van der Waals surface area contributed by atoms with E-state index in [0.29, 0.717) is 24.4 Å². The molecule has 0 aliphatic heterocycles. The molecule has 112 valence electrons. The molecule has 0 amide bonds. The molecule has 1 aliphatic rings. The van der Waals surface area contributed by atoms with Crippen LogP contribution >= 0.6 is 0 Å². The third-order valence-corrected chi connectivity index (χ3v) is 4.16. The Morgan fingerprint density at radius 3 is 2.48 bits per heavy atom. The van der Waals surface area contributed by atoms with Crippen LogP contribution in [0.3, 0.4) is 0 Å². The van der Waals surface area contributed by atoms with Gasteiger partial charge in [-0.15, -0.1) is 10.2 Å². The first-order valence-corrected chi connectivity index (χ1v) is 7.94. The highest BCUT2D eigenvalue weighted by Gasteiger charge is 2.13. The van der Waals surface area contributed by atoms with Gasteiger partial charge in [0.2, 0.25) is 11.8 Å². The second-order valence-corrected chi connectivity index (χ2v) is 5.94. The number of benzene rings is 1. The summed E-state index contributed by atoms with van der Waals surface area (Å²) in [7, 11) is 0. The SMILES string of the molecule is Cc1ccc(-c2nnc(CNC3CCCCCC3)o2)cc1. The Bertz CT molecular complexity index is 554. The molecule has 4 nitrogen and oxygen atoms in total. The molecule has 0 radical (unpaired) electrons. The number of nitrogens with zero attached hydrogens (tertiary/aromatic N) is 2. The van der Waals surface area contributed by atoms with Gasteiger partial charge in [-0.05, 0) is 31.9 Å². The van der Waals surface area contributed by atoms with Gasteiger partial charge in [0.1, 0.15) is 0 Å². The minimum atomic E-state index is 0.599. The van der Waals surface area contributed by atoms with Gasteiger partial charge >= 0.3 is 0 Å². The van der Waals surface area contributed by atoms with E-state index in [9.17, 15) is 0 Å². The van der Waals surface area contributed by atoms with Gasteiger partial charge in [-0.1, -0.05) is 43.4 Å². The van der Waals surface area contributed by atoms with Crippen molar-refractivity contribution in [1.29, 1.82) is 0 Å². The lowest BCUT2D eigenvalue weighted by Crippen LogP contribution is -2.27.